The Bertz CT molecular complexity index is 2630. The van der Waals surface area contributed by atoms with Gasteiger partial charge in [0.25, 0.3) is 0 Å². The Morgan fingerprint density at radius 1 is 0.353 bits per heavy atom. The first-order valence-electron chi connectivity index (χ1n) is 17.4. The molecule has 0 N–H and O–H groups in total. The maximum Gasteiger partial charge on any atom is 0.138 e. The van der Waals surface area contributed by atoms with E-state index in [1.165, 1.54) is 38.6 Å². The van der Waals surface area contributed by atoms with E-state index in [4.69, 9.17) is 4.42 Å². The summed E-state index contributed by atoms with van der Waals surface area (Å²) in [5.74, 6) is 0.924. The zero-order valence-corrected chi connectivity index (χ0v) is 28.3. The molecule has 8 aromatic carbocycles. The van der Waals surface area contributed by atoms with Crippen LogP contribution in [0, 0.1) is 6.92 Å². The van der Waals surface area contributed by atoms with Crippen molar-refractivity contribution < 1.29 is 4.42 Å². The number of para-hydroxylation sites is 1. The topological polar surface area (TPSA) is 16.4 Å². The number of benzene rings is 8. The molecule has 0 aliphatic rings. The molecule has 0 atom stereocenters. The molecule has 0 amide bonds. The molecule has 9 rings (SSSR count). The van der Waals surface area contributed by atoms with Gasteiger partial charge in [0.15, 0.2) is 0 Å². The zero-order valence-electron chi connectivity index (χ0n) is 28.3. The number of anilines is 3. The van der Waals surface area contributed by atoms with Crippen LogP contribution in [0.15, 0.2) is 199 Å². The van der Waals surface area contributed by atoms with Crippen molar-refractivity contribution in [2.24, 2.45) is 0 Å². The van der Waals surface area contributed by atoms with Crippen LogP contribution in [0.3, 0.4) is 0 Å². The molecule has 0 radical (unpaired) electrons. The van der Waals surface area contributed by atoms with E-state index >= 15 is 0 Å². The standard InChI is InChI=1S/C49H35NO/c1-34-47-19-7-8-20-48(47)51-49(34)43-18-10-17-41(32-43)38-23-28-45(29-24-38)50(46-30-25-36-13-5-6-14-42(36)33-46)44-26-21-37(22-27-44)40-16-9-15-39(31-40)35-11-3-2-4-12-35/h2-33H,1H3. The number of hydrogen-bond acceptors (Lipinski definition) is 2. The second-order valence-electron chi connectivity index (χ2n) is 13.0. The van der Waals surface area contributed by atoms with Gasteiger partial charge < -0.3 is 9.32 Å². The number of aryl methyl sites for hydroxylation is 1. The third-order valence-electron chi connectivity index (χ3n) is 9.85. The highest BCUT2D eigenvalue weighted by Gasteiger charge is 2.16. The number of nitrogens with zero attached hydrogens (tertiary/aromatic N) is 1. The SMILES string of the molecule is Cc1c(-c2cccc(-c3ccc(N(c4ccc(-c5cccc(-c6ccccc6)c5)cc4)c4ccc5ccccc5c4)cc3)c2)oc2ccccc12. The molecular weight excluding hydrogens is 619 g/mol. The van der Waals surface area contributed by atoms with E-state index in [9.17, 15) is 0 Å². The molecule has 0 spiro atoms. The van der Waals surface area contributed by atoms with Gasteiger partial charge in [-0.1, -0.05) is 140 Å². The van der Waals surface area contributed by atoms with Crippen LogP contribution in [0.25, 0.3) is 66.4 Å². The fourth-order valence-corrected chi connectivity index (χ4v) is 7.17. The van der Waals surface area contributed by atoms with Crippen molar-refractivity contribution in [2.75, 3.05) is 4.90 Å². The van der Waals surface area contributed by atoms with Crippen LogP contribution in [0.4, 0.5) is 17.1 Å². The van der Waals surface area contributed by atoms with Gasteiger partial charge in [0.05, 0.1) is 0 Å². The van der Waals surface area contributed by atoms with Crippen LogP contribution >= 0.6 is 0 Å². The first kappa shape index (κ1) is 30.4. The van der Waals surface area contributed by atoms with E-state index < -0.39 is 0 Å². The van der Waals surface area contributed by atoms with E-state index in [-0.39, 0.29) is 0 Å². The predicted molar refractivity (Wildman–Crippen MR) is 215 cm³/mol. The van der Waals surface area contributed by atoms with Crippen molar-refractivity contribution in [1.29, 1.82) is 0 Å². The summed E-state index contributed by atoms with van der Waals surface area (Å²) in [6, 6.07) is 69.3. The number of hydrogen-bond donors (Lipinski definition) is 0. The van der Waals surface area contributed by atoms with Crippen LogP contribution < -0.4 is 4.90 Å². The summed E-state index contributed by atoms with van der Waals surface area (Å²) in [5, 5.41) is 3.60. The Morgan fingerprint density at radius 3 is 1.49 bits per heavy atom. The lowest BCUT2D eigenvalue weighted by Gasteiger charge is -2.26. The molecule has 0 fully saturated rings. The van der Waals surface area contributed by atoms with Crippen LogP contribution in [0.2, 0.25) is 0 Å². The highest BCUT2D eigenvalue weighted by atomic mass is 16.3. The van der Waals surface area contributed by atoms with Gasteiger partial charge in [0, 0.05) is 33.6 Å². The summed E-state index contributed by atoms with van der Waals surface area (Å²) in [6.45, 7) is 2.14. The quantitative estimate of drug-likeness (QED) is 0.170. The summed E-state index contributed by atoms with van der Waals surface area (Å²) < 4.78 is 6.31. The molecule has 2 nitrogen and oxygen atoms in total. The van der Waals surface area contributed by atoms with Crippen LogP contribution in [-0.4, -0.2) is 0 Å². The van der Waals surface area contributed by atoms with Crippen LogP contribution in [-0.2, 0) is 0 Å². The molecule has 0 unspecified atom stereocenters. The predicted octanol–water partition coefficient (Wildman–Crippen LogP) is 14.0. The van der Waals surface area contributed by atoms with Crippen LogP contribution in [0.1, 0.15) is 5.56 Å². The molecule has 9 aromatic rings. The van der Waals surface area contributed by atoms with Crippen molar-refractivity contribution in [3.63, 3.8) is 0 Å². The summed E-state index contributed by atoms with van der Waals surface area (Å²) >= 11 is 0. The first-order valence-corrected chi connectivity index (χ1v) is 17.4. The van der Waals surface area contributed by atoms with Gasteiger partial charge in [-0.3, -0.25) is 0 Å². The molecule has 1 heterocycles. The van der Waals surface area contributed by atoms with Crippen molar-refractivity contribution in [1.82, 2.24) is 0 Å². The van der Waals surface area contributed by atoms with Gasteiger partial charge in [-0.05, 0) is 106 Å². The van der Waals surface area contributed by atoms with Gasteiger partial charge >= 0.3 is 0 Å². The Hall–Kier alpha value is -6.64. The fraction of sp³-hybridized carbons (Fsp3) is 0.0204. The normalized spacial score (nSPS) is 11.2. The summed E-state index contributed by atoms with van der Waals surface area (Å²) in [4.78, 5) is 2.34. The molecule has 0 aliphatic heterocycles. The van der Waals surface area contributed by atoms with E-state index in [1.54, 1.807) is 0 Å². The average molecular weight is 654 g/mol. The van der Waals surface area contributed by atoms with E-state index in [0.717, 1.165) is 50.5 Å². The lowest BCUT2D eigenvalue weighted by atomic mass is 9.98. The molecule has 0 bridgehead atoms. The smallest absolute Gasteiger partial charge is 0.138 e. The van der Waals surface area contributed by atoms with Crippen molar-refractivity contribution >= 4 is 38.8 Å². The van der Waals surface area contributed by atoms with Gasteiger partial charge in [-0.2, -0.15) is 0 Å². The highest BCUT2D eigenvalue weighted by molar-refractivity contribution is 5.91. The third kappa shape index (κ3) is 5.88. The summed E-state index contributed by atoms with van der Waals surface area (Å²) in [5.41, 5.74) is 13.6. The van der Waals surface area contributed by atoms with Crippen molar-refractivity contribution in [3.8, 4) is 44.7 Å². The maximum absolute atomic E-state index is 6.31. The third-order valence-corrected chi connectivity index (χ3v) is 9.85. The number of furan rings is 1. The lowest BCUT2D eigenvalue weighted by molar-refractivity contribution is 0.629. The molecular formula is C49H35NO. The van der Waals surface area contributed by atoms with Crippen LogP contribution in [0.5, 0.6) is 0 Å². The Balaban J connectivity index is 1.07. The minimum Gasteiger partial charge on any atom is -0.456 e. The van der Waals surface area contributed by atoms with Crippen molar-refractivity contribution in [2.45, 2.75) is 6.92 Å². The van der Waals surface area contributed by atoms with E-state index in [2.05, 4.69) is 194 Å². The Kier molecular flexibility index (Phi) is 7.75. The molecule has 0 saturated heterocycles. The maximum atomic E-state index is 6.31. The summed E-state index contributed by atoms with van der Waals surface area (Å²) in [7, 11) is 0. The fourth-order valence-electron chi connectivity index (χ4n) is 7.17. The van der Waals surface area contributed by atoms with Gasteiger partial charge in [-0.25, -0.2) is 0 Å². The first-order chi connectivity index (χ1) is 25.2. The monoisotopic (exact) mass is 653 g/mol. The lowest BCUT2D eigenvalue weighted by Crippen LogP contribution is -2.09. The Labute approximate surface area is 298 Å². The van der Waals surface area contributed by atoms with E-state index in [0.29, 0.717) is 0 Å². The molecule has 0 aliphatic carbocycles. The van der Waals surface area contributed by atoms with Gasteiger partial charge in [0.1, 0.15) is 11.3 Å². The van der Waals surface area contributed by atoms with Gasteiger partial charge in [-0.15, -0.1) is 0 Å². The van der Waals surface area contributed by atoms with Crippen molar-refractivity contribution in [3.05, 3.63) is 200 Å². The second kappa shape index (κ2) is 13.0. The molecule has 0 saturated carbocycles. The number of rotatable bonds is 7. The second-order valence-corrected chi connectivity index (χ2v) is 13.0. The number of fused-ring (bicyclic) bond motifs is 2. The molecule has 51 heavy (non-hydrogen) atoms. The molecule has 2 heteroatoms. The minimum absolute atomic E-state index is 0.919. The minimum atomic E-state index is 0.919. The summed E-state index contributed by atoms with van der Waals surface area (Å²) in [6.07, 6.45) is 0. The molecule has 1 aromatic heterocycles. The van der Waals surface area contributed by atoms with Gasteiger partial charge in [0.2, 0.25) is 0 Å². The highest BCUT2D eigenvalue weighted by Crippen LogP contribution is 2.39. The average Bonchev–Trinajstić information content (AvgIpc) is 3.55. The Morgan fingerprint density at radius 2 is 0.843 bits per heavy atom. The van der Waals surface area contributed by atoms with E-state index in [1.807, 2.05) is 12.1 Å². The largest absolute Gasteiger partial charge is 0.456 e. The zero-order chi connectivity index (χ0) is 34.1. The molecule has 242 valence electrons.